The van der Waals surface area contributed by atoms with E-state index < -0.39 is 11.9 Å². The number of aromatic nitrogens is 3. The number of rotatable bonds is 3. The van der Waals surface area contributed by atoms with Gasteiger partial charge in [0.2, 0.25) is 6.41 Å². The average molecular weight is 335 g/mol. The number of alkyl halides is 3. The van der Waals surface area contributed by atoms with Crippen LogP contribution in [0.25, 0.3) is 5.82 Å². The third kappa shape index (κ3) is 2.92. The first kappa shape index (κ1) is 13.5. The van der Waals surface area contributed by atoms with Crippen LogP contribution >= 0.6 is 15.9 Å². The molecule has 0 saturated heterocycles. The van der Waals surface area contributed by atoms with Crippen molar-refractivity contribution in [3.8, 4) is 5.82 Å². The summed E-state index contributed by atoms with van der Waals surface area (Å²) < 4.78 is 39.8. The summed E-state index contributed by atoms with van der Waals surface area (Å²) in [5, 5.41) is 5.71. The smallest absolute Gasteiger partial charge is 0.312 e. The zero-order valence-corrected chi connectivity index (χ0v) is 10.7. The number of hydrogen-bond donors (Lipinski definition) is 1. The maximum absolute atomic E-state index is 12.9. The van der Waals surface area contributed by atoms with Gasteiger partial charge in [0.1, 0.15) is 0 Å². The predicted octanol–water partition coefficient (Wildman–Crippen LogP) is 2.62. The molecule has 2 aromatic heterocycles. The van der Waals surface area contributed by atoms with Gasteiger partial charge in [-0.2, -0.15) is 13.2 Å². The van der Waals surface area contributed by atoms with E-state index in [0.717, 1.165) is 6.07 Å². The second-order valence-electron chi connectivity index (χ2n) is 3.42. The van der Waals surface area contributed by atoms with E-state index in [4.69, 9.17) is 0 Å². The van der Waals surface area contributed by atoms with E-state index in [1.165, 1.54) is 18.3 Å². The Kier molecular flexibility index (Phi) is 3.56. The fourth-order valence-electron chi connectivity index (χ4n) is 1.38. The number of anilines is 1. The summed E-state index contributed by atoms with van der Waals surface area (Å²) in [5.74, 6) is -0.207. The van der Waals surface area contributed by atoms with Crippen LogP contribution in [0.3, 0.4) is 0 Å². The van der Waals surface area contributed by atoms with Crippen LogP contribution in [0.15, 0.2) is 28.9 Å². The molecule has 2 aromatic rings. The molecular formula is C10H6BrF3N4O. The largest absolute Gasteiger partial charge is 0.433 e. The molecule has 19 heavy (non-hydrogen) atoms. The first-order chi connectivity index (χ1) is 8.91. The molecule has 5 nitrogen and oxygen atoms in total. The lowest BCUT2D eigenvalue weighted by Gasteiger charge is -2.08. The van der Waals surface area contributed by atoms with Gasteiger partial charge in [-0.15, -0.1) is 5.10 Å². The van der Waals surface area contributed by atoms with E-state index in [2.05, 4.69) is 31.3 Å². The Morgan fingerprint density at radius 2 is 2.11 bits per heavy atom. The minimum Gasteiger partial charge on any atom is -0.312 e. The molecule has 1 amide bonds. The number of nitrogens with zero attached hydrogens (tertiary/aromatic N) is 3. The Hall–Kier alpha value is -1.90. The van der Waals surface area contributed by atoms with Gasteiger partial charge in [-0.25, -0.2) is 9.67 Å². The molecule has 9 heteroatoms. The maximum atomic E-state index is 12.9. The van der Waals surface area contributed by atoms with Crippen molar-refractivity contribution < 1.29 is 18.0 Å². The molecule has 0 unspecified atom stereocenters. The fraction of sp³-hybridized carbons (Fsp3) is 0.100. The van der Waals surface area contributed by atoms with Crippen LogP contribution in [-0.2, 0) is 11.0 Å². The third-order valence-corrected chi connectivity index (χ3v) is 2.60. The third-order valence-electron chi connectivity index (χ3n) is 2.14. The average Bonchev–Trinajstić information content (AvgIpc) is 2.74. The Balaban J connectivity index is 2.54. The normalized spacial score (nSPS) is 11.4. The first-order valence-electron chi connectivity index (χ1n) is 4.91. The minimum absolute atomic E-state index is 0.00512. The van der Waals surface area contributed by atoms with Crippen LogP contribution in [0.5, 0.6) is 0 Å². The van der Waals surface area contributed by atoms with Crippen LogP contribution in [0.2, 0.25) is 0 Å². The van der Waals surface area contributed by atoms with Gasteiger partial charge in [0.25, 0.3) is 0 Å². The van der Waals surface area contributed by atoms with Gasteiger partial charge in [0, 0.05) is 16.7 Å². The summed E-state index contributed by atoms with van der Waals surface area (Å²) in [4.78, 5) is 14.1. The number of hydrogen-bond acceptors (Lipinski definition) is 3. The molecule has 0 bridgehead atoms. The van der Waals surface area contributed by atoms with Crippen molar-refractivity contribution in [1.82, 2.24) is 14.8 Å². The number of nitrogens with one attached hydrogen (secondary N) is 1. The molecule has 0 atom stereocenters. The van der Waals surface area contributed by atoms with E-state index in [9.17, 15) is 18.0 Å². The molecule has 0 radical (unpaired) electrons. The summed E-state index contributed by atoms with van der Waals surface area (Å²) in [7, 11) is 0. The molecule has 1 N–H and O–H groups in total. The zero-order chi connectivity index (χ0) is 14.0. The van der Waals surface area contributed by atoms with E-state index in [1.54, 1.807) is 0 Å². The van der Waals surface area contributed by atoms with Crippen LogP contribution in [0.1, 0.15) is 5.69 Å². The van der Waals surface area contributed by atoms with E-state index in [0.29, 0.717) is 9.15 Å². The second kappa shape index (κ2) is 5.00. The number of pyridine rings is 1. The van der Waals surface area contributed by atoms with E-state index in [-0.39, 0.29) is 18.0 Å². The molecule has 0 aliphatic rings. The second-order valence-corrected chi connectivity index (χ2v) is 4.34. The Bertz CT molecular complexity index is 594. The maximum Gasteiger partial charge on any atom is 0.433 e. The van der Waals surface area contributed by atoms with Gasteiger partial charge in [0.05, 0.1) is 0 Å². The highest BCUT2D eigenvalue weighted by molar-refractivity contribution is 9.10. The van der Waals surface area contributed by atoms with Gasteiger partial charge in [-0.05, 0) is 28.1 Å². The summed E-state index contributed by atoms with van der Waals surface area (Å²) in [6.45, 7) is 0. The number of carbonyl (C=O) groups is 1. The van der Waals surface area contributed by atoms with Crippen molar-refractivity contribution in [2.45, 2.75) is 6.18 Å². The lowest BCUT2D eigenvalue weighted by molar-refractivity contribution is -0.142. The molecule has 0 aliphatic carbocycles. The van der Waals surface area contributed by atoms with E-state index >= 15 is 0 Å². The minimum atomic E-state index is -4.61. The van der Waals surface area contributed by atoms with Gasteiger partial charge < -0.3 is 5.32 Å². The predicted molar refractivity (Wildman–Crippen MR) is 63.7 cm³/mol. The highest BCUT2D eigenvalue weighted by Gasteiger charge is 2.36. The lowest BCUT2D eigenvalue weighted by atomic mass is 10.4. The van der Waals surface area contributed by atoms with Gasteiger partial charge in [-0.3, -0.25) is 4.79 Å². The highest BCUT2D eigenvalue weighted by Crippen LogP contribution is 2.32. The summed E-state index contributed by atoms with van der Waals surface area (Å²) in [5.41, 5.74) is -1.02. The summed E-state index contributed by atoms with van der Waals surface area (Å²) >= 11 is 3.13. The zero-order valence-electron chi connectivity index (χ0n) is 9.15. The number of halogens is 4. The van der Waals surface area contributed by atoms with Crippen molar-refractivity contribution in [3.05, 3.63) is 34.6 Å². The van der Waals surface area contributed by atoms with Gasteiger partial charge >= 0.3 is 6.18 Å². The van der Waals surface area contributed by atoms with Crippen LogP contribution in [0.4, 0.5) is 19.0 Å². The monoisotopic (exact) mass is 334 g/mol. The van der Waals surface area contributed by atoms with Crippen molar-refractivity contribution in [3.63, 3.8) is 0 Å². The molecule has 100 valence electrons. The Morgan fingerprint density at radius 1 is 1.37 bits per heavy atom. The molecule has 0 saturated carbocycles. The fourth-order valence-corrected chi connectivity index (χ4v) is 1.62. The SMILES string of the molecule is O=CNc1cc(C(F)(F)F)n(-c2ccc(Br)cn2)n1. The molecule has 0 aromatic carbocycles. The number of carbonyl (C=O) groups excluding carboxylic acids is 1. The van der Waals surface area contributed by atoms with Crippen molar-refractivity contribution in [2.24, 2.45) is 0 Å². The topological polar surface area (TPSA) is 59.8 Å². The molecule has 0 spiro atoms. The molecule has 2 rings (SSSR count). The van der Waals surface area contributed by atoms with Crippen molar-refractivity contribution in [2.75, 3.05) is 5.32 Å². The molecule has 0 fully saturated rings. The van der Waals surface area contributed by atoms with Crippen LogP contribution in [0, 0.1) is 0 Å². The molecular weight excluding hydrogens is 329 g/mol. The van der Waals surface area contributed by atoms with Gasteiger partial charge in [0.15, 0.2) is 17.3 Å². The molecule has 0 aliphatic heterocycles. The van der Waals surface area contributed by atoms with Crippen LogP contribution < -0.4 is 5.32 Å². The standard InChI is InChI=1S/C10H6BrF3N4O/c11-6-1-2-9(15-4-6)18-7(10(12,13)14)3-8(17-18)16-5-19/h1-5H,(H,16,17,19). The van der Waals surface area contributed by atoms with Gasteiger partial charge in [-0.1, -0.05) is 0 Å². The highest BCUT2D eigenvalue weighted by atomic mass is 79.9. The Morgan fingerprint density at radius 3 is 2.63 bits per heavy atom. The lowest BCUT2D eigenvalue weighted by Crippen LogP contribution is -2.14. The summed E-state index contributed by atoms with van der Waals surface area (Å²) in [6.07, 6.45) is -3.00. The summed E-state index contributed by atoms with van der Waals surface area (Å²) in [6, 6.07) is 3.64. The van der Waals surface area contributed by atoms with Crippen LogP contribution in [-0.4, -0.2) is 21.2 Å². The van der Waals surface area contributed by atoms with E-state index in [1.807, 2.05) is 0 Å². The molecule has 2 heterocycles. The quantitative estimate of drug-likeness (QED) is 0.878. The van der Waals surface area contributed by atoms with Crippen molar-refractivity contribution >= 4 is 28.2 Å². The first-order valence-corrected chi connectivity index (χ1v) is 5.70. The number of amides is 1. The van der Waals surface area contributed by atoms with Crippen molar-refractivity contribution in [1.29, 1.82) is 0 Å². The Labute approximate surface area is 113 Å².